The van der Waals surface area contributed by atoms with E-state index in [1.165, 1.54) is 7.11 Å². The van der Waals surface area contributed by atoms with Crippen LogP contribution in [0.5, 0.6) is 0 Å². The first kappa shape index (κ1) is 14.7. The molecule has 0 amide bonds. The van der Waals surface area contributed by atoms with Crippen LogP contribution in [0.15, 0.2) is 6.07 Å². The third-order valence-corrected chi connectivity index (χ3v) is 3.34. The van der Waals surface area contributed by atoms with E-state index in [9.17, 15) is 4.79 Å². The number of rotatable bonds is 6. The van der Waals surface area contributed by atoms with Gasteiger partial charge in [-0.25, -0.2) is 0 Å². The second kappa shape index (κ2) is 6.00. The predicted molar refractivity (Wildman–Crippen MR) is 70.4 cm³/mol. The lowest BCUT2D eigenvalue weighted by molar-refractivity contribution is -0.148. The minimum absolute atomic E-state index is 0.224. The molecule has 102 valence electrons. The number of likely N-dealkylation sites (N-methyl/N-ethyl adjacent to an activating group) is 1. The van der Waals surface area contributed by atoms with Crippen molar-refractivity contribution in [1.29, 1.82) is 0 Å². The fourth-order valence-electron chi connectivity index (χ4n) is 2.04. The first-order chi connectivity index (χ1) is 8.42. The summed E-state index contributed by atoms with van der Waals surface area (Å²) in [4.78, 5) is 11.7. The molecule has 0 aromatic carbocycles. The molecule has 0 fully saturated rings. The standard InChI is InChI=1S/C13H23N3O2/c1-10-9-11(2)16(15-10)8-6-7-13(3,14-4)12(17)18-5/h9,14H,6-8H2,1-5H3. The topological polar surface area (TPSA) is 56.2 Å². The smallest absolute Gasteiger partial charge is 0.325 e. The summed E-state index contributed by atoms with van der Waals surface area (Å²) in [6, 6.07) is 2.05. The van der Waals surface area contributed by atoms with Gasteiger partial charge in [0.1, 0.15) is 5.54 Å². The van der Waals surface area contributed by atoms with Crippen LogP contribution in [0.4, 0.5) is 0 Å². The van der Waals surface area contributed by atoms with E-state index in [1.807, 2.05) is 25.5 Å². The summed E-state index contributed by atoms with van der Waals surface area (Å²) < 4.78 is 6.79. The van der Waals surface area contributed by atoms with Crippen LogP contribution in [0, 0.1) is 13.8 Å². The fourth-order valence-corrected chi connectivity index (χ4v) is 2.04. The average Bonchev–Trinajstić information content (AvgIpc) is 2.66. The number of aryl methyl sites for hydroxylation is 3. The van der Waals surface area contributed by atoms with Gasteiger partial charge in [0.25, 0.3) is 0 Å². The first-order valence-corrected chi connectivity index (χ1v) is 6.21. The summed E-state index contributed by atoms with van der Waals surface area (Å²) in [6.07, 6.45) is 1.59. The molecule has 0 saturated heterocycles. The van der Waals surface area contributed by atoms with Crippen LogP contribution >= 0.6 is 0 Å². The van der Waals surface area contributed by atoms with Gasteiger partial charge in [-0.1, -0.05) is 0 Å². The van der Waals surface area contributed by atoms with Gasteiger partial charge in [-0.15, -0.1) is 0 Å². The molecule has 0 radical (unpaired) electrons. The fraction of sp³-hybridized carbons (Fsp3) is 0.692. The van der Waals surface area contributed by atoms with Crippen molar-refractivity contribution in [2.24, 2.45) is 0 Å². The third kappa shape index (κ3) is 3.32. The Morgan fingerprint density at radius 2 is 2.22 bits per heavy atom. The molecule has 1 rings (SSSR count). The molecule has 1 atom stereocenters. The summed E-state index contributed by atoms with van der Waals surface area (Å²) in [7, 11) is 3.19. The number of carbonyl (C=O) groups is 1. The highest BCUT2D eigenvalue weighted by Crippen LogP contribution is 2.15. The lowest BCUT2D eigenvalue weighted by Gasteiger charge is -2.26. The van der Waals surface area contributed by atoms with E-state index in [-0.39, 0.29) is 5.97 Å². The maximum Gasteiger partial charge on any atom is 0.325 e. The van der Waals surface area contributed by atoms with Gasteiger partial charge in [-0.3, -0.25) is 9.48 Å². The third-order valence-electron chi connectivity index (χ3n) is 3.34. The van der Waals surface area contributed by atoms with Gasteiger partial charge in [0, 0.05) is 12.2 Å². The summed E-state index contributed by atoms with van der Waals surface area (Å²) >= 11 is 0. The SMILES string of the molecule is CNC(C)(CCCn1nc(C)cc1C)C(=O)OC. The number of hydrogen-bond acceptors (Lipinski definition) is 4. The number of nitrogens with zero attached hydrogens (tertiary/aromatic N) is 2. The highest BCUT2D eigenvalue weighted by atomic mass is 16.5. The number of esters is 1. The van der Waals surface area contributed by atoms with Crippen molar-refractivity contribution in [2.45, 2.75) is 45.7 Å². The molecule has 5 nitrogen and oxygen atoms in total. The van der Waals surface area contributed by atoms with Crippen LogP contribution in [0.25, 0.3) is 0 Å². The first-order valence-electron chi connectivity index (χ1n) is 6.21. The van der Waals surface area contributed by atoms with Crippen molar-refractivity contribution in [3.05, 3.63) is 17.5 Å². The van der Waals surface area contributed by atoms with Gasteiger partial charge in [-0.2, -0.15) is 5.10 Å². The van der Waals surface area contributed by atoms with Crippen molar-refractivity contribution in [3.63, 3.8) is 0 Å². The Kier molecular flexibility index (Phi) is 4.90. The Morgan fingerprint density at radius 1 is 1.56 bits per heavy atom. The van der Waals surface area contributed by atoms with Gasteiger partial charge in [0.2, 0.25) is 0 Å². The molecule has 18 heavy (non-hydrogen) atoms. The maximum absolute atomic E-state index is 11.7. The second-order valence-corrected chi connectivity index (χ2v) is 4.83. The largest absolute Gasteiger partial charge is 0.468 e. The molecule has 0 saturated carbocycles. The van der Waals surface area contributed by atoms with E-state index in [4.69, 9.17) is 4.74 Å². The molecule has 1 aromatic heterocycles. The number of methoxy groups -OCH3 is 1. The normalized spacial score (nSPS) is 14.3. The molecular formula is C13H23N3O2. The van der Waals surface area contributed by atoms with Gasteiger partial charge < -0.3 is 10.1 Å². The van der Waals surface area contributed by atoms with Gasteiger partial charge in [-0.05, 0) is 46.7 Å². The quantitative estimate of drug-likeness (QED) is 0.779. The van der Waals surface area contributed by atoms with Crippen LogP contribution in [0.2, 0.25) is 0 Å². The highest BCUT2D eigenvalue weighted by molar-refractivity contribution is 5.80. The van der Waals surface area contributed by atoms with Crippen LogP contribution in [-0.2, 0) is 16.1 Å². The lowest BCUT2D eigenvalue weighted by Crippen LogP contribution is -2.48. The number of nitrogens with one attached hydrogen (secondary N) is 1. The van der Waals surface area contributed by atoms with E-state index in [0.717, 1.165) is 24.4 Å². The minimum atomic E-state index is -0.620. The summed E-state index contributed by atoms with van der Waals surface area (Å²) in [6.45, 7) is 6.70. The van der Waals surface area contributed by atoms with Crippen LogP contribution < -0.4 is 5.32 Å². The van der Waals surface area contributed by atoms with Crippen molar-refractivity contribution in [2.75, 3.05) is 14.2 Å². The number of aromatic nitrogens is 2. The summed E-state index contributed by atoms with van der Waals surface area (Å²) in [5, 5.41) is 7.43. The maximum atomic E-state index is 11.7. The molecule has 5 heteroatoms. The summed E-state index contributed by atoms with van der Waals surface area (Å²) in [5.74, 6) is -0.224. The monoisotopic (exact) mass is 253 g/mol. The molecule has 0 spiro atoms. The molecule has 0 aliphatic heterocycles. The molecule has 0 aliphatic carbocycles. The van der Waals surface area contributed by atoms with Crippen LogP contribution in [0.3, 0.4) is 0 Å². The van der Waals surface area contributed by atoms with E-state index < -0.39 is 5.54 Å². The Morgan fingerprint density at radius 3 is 2.67 bits per heavy atom. The number of ether oxygens (including phenoxy) is 1. The van der Waals surface area contributed by atoms with Crippen LogP contribution in [0.1, 0.15) is 31.2 Å². The van der Waals surface area contributed by atoms with Gasteiger partial charge in [0.05, 0.1) is 12.8 Å². The van der Waals surface area contributed by atoms with Crippen molar-refractivity contribution < 1.29 is 9.53 Å². The predicted octanol–water partition coefficient (Wildman–Crippen LogP) is 1.43. The van der Waals surface area contributed by atoms with Crippen molar-refractivity contribution in [3.8, 4) is 0 Å². The Hall–Kier alpha value is -1.36. The van der Waals surface area contributed by atoms with E-state index >= 15 is 0 Å². The molecule has 1 N–H and O–H groups in total. The lowest BCUT2D eigenvalue weighted by atomic mass is 9.96. The summed E-state index contributed by atoms with van der Waals surface area (Å²) in [5.41, 5.74) is 1.55. The molecular weight excluding hydrogens is 230 g/mol. The second-order valence-electron chi connectivity index (χ2n) is 4.83. The van der Waals surface area contributed by atoms with Gasteiger partial charge >= 0.3 is 5.97 Å². The average molecular weight is 253 g/mol. The molecule has 1 unspecified atom stereocenters. The van der Waals surface area contributed by atoms with Crippen molar-refractivity contribution >= 4 is 5.97 Å². The van der Waals surface area contributed by atoms with E-state index in [2.05, 4.69) is 16.5 Å². The molecule has 1 aromatic rings. The Balaban J connectivity index is 2.54. The van der Waals surface area contributed by atoms with Crippen molar-refractivity contribution in [1.82, 2.24) is 15.1 Å². The minimum Gasteiger partial charge on any atom is -0.468 e. The van der Waals surface area contributed by atoms with E-state index in [1.54, 1.807) is 7.05 Å². The highest BCUT2D eigenvalue weighted by Gasteiger charge is 2.31. The zero-order chi connectivity index (χ0) is 13.8. The number of hydrogen-bond donors (Lipinski definition) is 1. The molecule has 1 heterocycles. The molecule has 0 aliphatic rings. The zero-order valence-electron chi connectivity index (χ0n) is 11.9. The van der Waals surface area contributed by atoms with E-state index in [0.29, 0.717) is 6.42 Å². The Labute approximate surface area is 109 Å². The molecule has 0 bridgehead atoms. The zero-order valence-corrected chi connectivity index (χ0v) is 11.9. The van der Waals surface area contributed by atoms with Gasteiger partial charge in [0.15, 0.2) is 0 Å². The Bertz CT molecular complexity index is 414. The van der Waals surface area contributed by atoms with Crippen LogP contribution in [-0.4, -0.2) is 35.4 Å². The number of carbonyl (C=O) groups excluding carboxylic acids is 1.